The molecule has 0 spiro atoms. The number of aliphatic hydroxyl groups is 1. The van der Waals surface area contributed by atoms with Crippen LogP contribution in [-0.2, 0) is 0 Å². The first-order chi connectivity index (χ1) is 9.74. The molecule has 0 aliphatic heterocycles. The lowest BCUT2D eigenvalue weighted by molar-refractivity contribution is 0.173. The number of halogens is 1. The topological polar surface area (TPSA) is 20.2 Å². The maximum atomic E-state index is 10.3. The van der Waals surface area contributed by atoms with Gasteiger partial charge in [0.2, 0.25) is 0 Å². The minimum absolute atomic E-state index is 0.218. The number of aliphatic hydroxyl groups excluding tert-OH is 1. The molecule has 0 saturated heterocycles. The predicted molar refractivity (Wildman–Crippen MR) is 88.2 cm³/mol. The molecule has 2 aromatic carbocycles. The minimum atomic E-state index is -0.218. The highest BCUT2D eigenvalue weighted by molar-refractivity contribution is 9.10. The highest BCUT2D eigenvalue weighted by atomic mass is 79.9. The molecule has 2 aromatic rings. The van der Waals surface area contributed by atoms with Gasteiger partial charge in [0.05, 0.1) is 6.10 Å². The quantitative estimate of drug-likeness (QED) is 0.789. The van der Waals surface area contributed by atoms with E-state index in [-0.39, 0.29) is 6.10 Å². The Hall–Kier alpha value is -0.770. The molecule has 104 valence electrons. The first-order valence-electron chi connectivity index (χ1n) is 6.85. The first-order valence-corrected chi connectivity index (χ1v) is 8.63. The normalized spacial score (nSPS) is 22.5. The van der Waals surface area contributed by atoms with Crippen molar-refractivity contribution in [3.8, 4) is 0 Å². The molecule has 1 fully saturated rings. The summed E-state index contributed by atoms with van der Waals surface area (Å²) in [4.78, 5) is 1.20. The van der Waals surface area contributed by atoms with Crippen LogP contribution in [0.25, 0.3) is 0 Å². The Morgan fingerprint density at radius 2 is 1.95 bits per heavy atom. The summed E-state index contributed by atoms with van der Waals surface area (Å²) in [5, 5.41) is 10.3. The Morgan fingerprint density at radius 1 is 1.15 bits per heavy atom. The van der Waals surface area contributed by atoms with Crippen LogP contribution in [0.5, 0.6) is 0 Å². The van der Waals surface area contributed by atoms with Crippen LogP contribution in [0.3, 0.4) is 0 Å². The third-order valence-electron chi connectivity index (χ3n) is 3.78. The van der Waals surface area contributed by atoms with Crippen LogP contribution < -0.4 is 0 Å². The first kappa shape index (κ1) is 14.2. The van der Waals surface area contributed by atoms with Gasteiger partial charge in [0.25, 0.3) is 0 Å². The Balaban J connectivity index is 1.53. The zero-order valence-corrected chi connectivity index (χ0v) is 13.5. The summed E-state index contributed by atoms with van der Waals surface area (Å²) in [7, 11) is 0. The van der Waals surface area contributed by atoms with Gasteiger partial charge in [-0.3, -0.25) is 0 Å². The van der Waals surface area contributed by atoms with Crippen LogP contribution >= 0.6 is 27.7 Å². The predicted octanol–water partition coefficient (Wildman–Crippen LogP) is 4.71. The molecular weight excluding hydrogens is 332 g/mol. The van der Waals surface area contributed by atoms with E-state index in [2.05, 4.69) is 52.3 Å². The third-order valence-corrected chi connectivity index (χ3v) is 5.37. The molecule has 0 heterocycles. The molecule has 0 radical (unpaired) electrons. The van der Waals surface area contributed by atoms with Gasteiger partial charge in [0.15, 0.2) is 0 Å². The Morgan fingerprint density at radius 3 is 2.70 bits per heavy atom. The van der Waals surface area contributed by atoms with E-state index < -0.39 is 0 Å². The van der Waals surface area contributed by atoms with Gasteiger partial charge in [-0.1, -0.05) is 52.3 Å². The van der Waals surface area contributed by atoms with Gasteiger partial charge in [0.1, 0.15) is 0 Å². The molecule has 3 atom stereocenters. The summed E-state index contributed by atoms with van der Waals surface area (Å²) >= 11 is 5.20. The maximum Gasteiger partial charge on any atom is 0.0668 e. The van der Waals surface area contributed by atoms with Crippen LogP contribution in [0.2, 0.25) is 0 Å². The molecule has 1 aliphatic rings. The molecule has 20 heavy (non-hydrogen) atoms. The Kier molecular flexibility index (Phi) is 4.49. The van der Waals surface area contributed by atoms with Crippen molar-refractivity contribution in [3.63, 3.8) is 0 Å². The van der Waals surface area contributed by atoms with Crippen molar-refractivity contribution in [2.24, 2.45) is 5.92 Å². The molecular formula is C17H17BrOS. The van der Waals surface area contributed by atoms with E-state index in [0.29, 0.717) is 11.8 Å². The monoisotopic (exact) mass is 348 g/mol. The van der Waals surface area contributed by atoms with Gasteiger partial charge in [-0.2, -0.15) is 0 Å². The second kappa shape index (κ2) is 6.33. The summed E-state index contributed by atoms with van der Waals surface area (Å²) in [6.45, 7) is 0. The summed E-state index contributed by atoms with van der Waals surface area (Å²) in [6.07, 6.45) is 0.897. The lowest BCUT2D eigenvalue weighted by Crippen LogP contribution is -2.13. The van der Waals surface area contributed by atoms with Crippen molar-refractivity contribution in [2.75, 3.05) is 5.75 Å². The van der Waals surface area contributed by atoms with E-state index in [1.807, 2.05) is 18.2 Å². The van der Waals surface area contributed by atoms with Crippen molar-refractivity contribution >= 4 is 27.7 Å². The fourth-order valence-electron chi connectivity index (χ4n) is 2.59. The maximum absolute atomic E-state index is 10.3. The molecule has 3 rings (SSSR count). The average Bonchev–Trinajstić information content (AvgIpc) is 3.26. The molecule has 0 aromatic heterocycles. The van der Waals surface area contributed by atoms with E-state index >= 15 is 0 Å². The Bertz CT molecular complexity index is 572. The number of hydrogen-bond acceptors (Lipinski definition) is 2. The fraction of sp³-hybridized carbons (Fsp3) is 0.294. The second-order valence-corrected chi connectivity index (χ2v) is 7.26. The third kappa shape index (κ3) is 3.46. The van der Waals surface area contributed by atoms with E-state index in [4.69, 9.17) is 0 Å². The zero-order valence-electron chi connectivity index (χ0n) is 11.1. The van der Waals surface area contributed by atoms with Gasteiger partial charge < -0.3 is 5.11 Å². The van der Waals surface area contributed by atoms with Gasteiger partial charge >= 0.3 is 0 Å². The smallest absolute Gasteiger partial charge is 0.0668 e. The second-order valence-electron chi connectivity index (χ2n) is 5.25. The summed E-state index contributed by atoms with van der Waals surface area (Å²) in [6, 6.07) is 18.8. The number of benzene rings is 2. The molecule has 1 aliphatic carbocycles. The molecule has 1 saturated carbocycles. The van der Waals surface area contributed by atoms with Gasteiger partial charge in [0, 0.05) is 15.1 Å². The van der Waals surface area contributed by atoms with Gasteiger partial charge in [-0.25, -0.2) is 0 Å². The molecule has 0 amide bonds. The molecule has 1 nitrogen and oxygen atoms in total. The molecule has 3 heteroatoms. The van der Waals surface area contributed by atoms with Gasteiger partial charge in [-0.15, -0.1) is 11.8 Å². The van der Waals surface area contributed by atoms with Crippen molar-refractivity contribution in [1.29, 1.82) is 0 Å². The largest absolute Gasteiger partial charge is 0.392 e. The minimum Gasteiger partial charge on any atom is -0.392 e. The van der Waals surface area contributed by atoms with E-state index in [1.165, 1.54) is 10.5 Å². The molecule has 1 N–H and O–H groups in total. The molecule has 3 unspecified atom stereocenters. The lowest BCUT2D eigenvalue weighted by Gasteiger charge is -2.10. The summed E-state index contributed by atoms with van der Waals surface area (Å²) < 4.78 is 1.09. The van der Waals surface area contributed by atoms with Crippen LogP contribution in [0.1, 0.15) is 17.9 Å². The van der Waals surface area contributed by atoms with E-state index in [0.717, 1.165) is 16.6 Å². The van der Waals surface area contributed by atoms with Crippen molar-refractivity contribution in [1.82, 2.24) is 0 Å². The standard InChI is InChI=1S/C17H17BrOS/c18-13-7-4-8-14(9-13)20-11-17(19)16-10-15(16)12-5-2-1-3-6-12/h1-9,15-17,19H,10-11H2. The SMILES string of the molecule is OC(CSc1cccc(Br)c1)C1CC1c1ccccc1. The van der Waals surface area contributed by atoms with Crippen molar-refractivity contribution in [3.05, 3.63) is 64.6 Å². The number of thioether (sulfide) groups is 1. The van der Waals surface area contributed by atoms with Crippen LogP contribution in [0, 0.1) is 5.92 Å². The summed E-state index contributed by atoms with van der Waals surface area (Å²) in [5.41, 5.74) is 1.36. The van der Waals surface area contributed by atoms with E-state index in [1.54, 1.807) is 11.8 Å². The fourth-order valence-corrected chi connectivity index (χ4v) is 4.13. The zero-order chi connectivity index (χ0) is 13.9. The van der Waals surface area contributed by atoms with Crippen LogP contribution in [-0.4, -0.2) is 17.0 Å². The van der Waals surface area contributed by atoms with Crippen LogP contribution in [0.4, 0.5) is 0 Å². The lowest BCUT2D eigenvalue weighted by atomic mass is 10.1. The average molecular weight is 349 g/mol. The molecule has 0 bridgehead atoms. The number of hydrogen-bond donors (Lipinski definition) is 1. The number of rotatable bonds is 5. The van der Waals surface area contributed by atoms with Crippen molar-refractivity contribution < 1.29 is 5.11 Å². The van der Waals surface area contributed by atoms with Crippen LogP contribution in [0.15, 0.2) is 64.0 Å². The van der Waals surface area contributed by atoms with E-state index in [9.17, 15) is 5.11 Å². The summed E-state index contributed by atoms with van der Waals surface area (Å²) in [5.74, 6) is 1.75. The Labute approximate surface area is 132 Å². The van der Waals surface area contributed by atoms with Gasteiger partial charge in [-0.05, 0) is 42.0 Å². The van der Waals surface area contributed by atoms with Crippen molar-refractivity contribution in [2.45, 2.75) is 23.3 Å². The highest BCUT2D eigenvalue weighted by Crippen LogP contribution is 2.50. The highest BCUT2D eigenvalue weighted by Gasteiger charge is 2.42.